The van der Waals surface area contributed by atoms with Crippen LogP contribution in [0.4, 0.5) is 0 Å². The zero-order chi connectivity index (χ0) is 8.48. The van der Waals surface area contributed by atoms with Crippen LogP contribution in [0.1, 0.15) is 12.8 Å². The number of carboxylic acid groups (broad SMARTS) is 1. The molecular weight excluding hydrogens is 170 g/mol. The predicted octanol–water partition coefficient (Wildman–Crippen LogP) is -0.847. The van der Waals surface area contributed by atoms with Crippen molar-refractivity contribution in [2.75, 3.05) is 5.75 Å². The summed E-state index contributed by atoms with van der Waals surface area (Å²) >= 11 is 0. The SMILES string of the molecule is O=C(O)C[C@@H]1CCS(=O)(=O)N1. The molecule has 1 saturated heterocycles. The molecule has 5 nitrogen and oxygen atoms in total. The molecule has 0 aromatic rings. The number of rotatable bonds is 2. The smallest absolute Gasteiger partial charge is 0.304 e. The van der Waals surface area contributed by atoms with Gasteiger partial charge in [-0.05, 0) is 6.42 Å². The third-order valence-corrected chi connectivity index (χ3v) is 2.97. The normalized spacial score (nSPS) is 28.5. The van der Waals surface area contributed by atoms with E-state index in [0.29, 0.717) is 6.42 Å². The van der Waals surface area contributed by atoms with Crippen molar-refractivity contribution in [1.82, 2.24) is 4.72 Å². The molecule has 0 aromatic carbocycles. The fraction of sp³-hybridized carbons (Fsp3) is 0.800. The molecular formula is C5H9NO4S. The molecule has 1 aliphatic heterocycles. The van der Waals surface area contributed by atoms with E-state index in [9.17, 15) is 13.2 Å². The molecule has 0 saturated carbocycles. The van der Waals surface area contributed by atoms with Crippen molar-refractivity contribution in [3.8, 4) is 0 Å². The Labute approximate surface area is 64.5 Å². The fourth-order valence-electron chi connectivity index (χ4n) is 1.02. The van der Waals surface area contributed by atoms with E-state index in [4.69, 9.17) is 5.11 Å². The first-order valence-corrected chi connectivity index (χ1v) is 4.86. The van der Waals surface area contributed by atoms with Gasteiger partial charge in [0.25, 0.3) is 0 Å². The molecule has 1 heterocycles. The van der Waals surface area contributed by atoms with E-state index in [0.717, 1.165) is 0 Å². The van der Waals surface area contributed by atoms with Gasteiger partial charge in [0, 0.05) is 6.04 Å². The Morgan fingerprint density at radius 1 is 1.64 bits per heavy atom. The minimum absolute atomic E-state index is 0.0466. The Morgan fingerprint density at radius 3 is 2.64 bits per heavy atom. The van der Waals surface area contributed by atoms with Crippen LogP contribution in [0.2, 0.25) is 0 Å². The second-order valence-corrected chi connectivity index (χ2v) is 4.39. The Bertz CT molecular complexity index is 258. The topological polar surface area (TPSA) is 83.5 Å². The third-order valence-electron chi connectivity index (χ3n) is 1.50. The quantitative estimate of drug-likeness (QED) is 0.578. The molecule has 0 bridgehead atoms. The van der Waals surface area contributed by atoms with Gasteiger partial charge in [-0.2, -0.15) is 0 Å². The highest BCUT2D eigenvalue weighted by atomic mass is 32.2. The second-order valence-electron chi connectivity index (χ2n) is 2.52. The molecule has 1 fully saturated rings. The average molecular weight is 179 g/mol. The van der Waals surface area contributed by atoms with E-state index in [1.165, 1.54) is 0 Å². The summed E-state index contributed by atoms with van der Waals surface area (Å²) in [6.45, 7) is 0. The largest absolute Gasteiger partial charge is 0.481 e. The lowest BCUT2D eigenvalue weighted by atomic mass is 10.2. The number of hydrogen-bond acceptors (Lipinski definition) is 3. The first-order valence-electron chi connectivity index (χ1n) is 3.21. The van der Waals surface area contributed by atoms with Crippen LogP contribution in [0, 0.1) is 0 Å². The maximum atomic E-state index is 10.7. The van der Waals surface area contributed by atoms with E-state index in [2.05, 4.69) is 4.72 Å². The highest BCUT2D eigenvalue weighted by Crippen LogP contribution is 2.10. The van der Waals surface area contributed by atoms with E-state index < -0.39 is 22.0 Å². The summed E-state index contributed by atoms with van der Waals surface area (Å²) in [5, 5.41) is 8.31. The van der Waals surface area contributed by atoms with E-state index in [-0.39, 0.29) is 12.2 Å². The van der Waals surface area contributed by atoms with E-state index in [1.54, 1.807) is 0 Å². The molecule has 0 amide bonds. The molecule has 0 aromatic heterocycles. The van der Waals surface area contributed by atoms with Crippen molar-refractivity contribution in [2.24, 2.45) is 0 Å². The molecule has 1 aliphatic rings. The molecule has 0 aliphatic carbocycles. The predicted molar refractivity (Wildman–Crippen MR) is 37.6 cm³/mol. The van der Waals surface area contributed by atoms with Crippen LogP contribution in [-0.4, -0.2) is 31.3 Å². The lowest BCUT2D eigenvalue weighted by molar-refractivity contribution is -0.137. The second kappa shape index (κ2) is 2.78. The maximum Gasteiger partial charge on any atom is 0.304 e. The molecule has 11 heavy (non-hydrogen) atoms. The van der Waals surface area contributed by atoms with Crippen molar-refractivity contribution in [3.63, 3.8) is 0 Å². The summed E-state index contributed by atoms with van der Waals surface area (Å²) in [6.07, 6.45) is 0.272. The molecule has 2 N–H and O–H groups in total. The van der Waals surface area contributed by atoms with Gasteiger partial charge in [-0.3, -0.25) is 4.79 Å². The number of nitrogens with one attached hydrogen (secondary N) is 1. The van der Waals surface area contributed by atoms with Gasteiger partial charge < -0.3 is 5.11 Å². The standard InChI is InChI=1S/C5H9NO4S/c7-5(8)3-4-1-2-11(9,10)6-4/h4,6H,1-3H2,(H,7,8)/t4-/m0/s1. The van der Waals surface area contributed by atoms with E-state index in [1.807, 2.05) is 0 Å². The van der Waals surface area contributed by atoms with Gasteiger partial charge in [0.2, 0.25) is 10.0 Å². The summed E-state index contributed by atoms with van der Waals surface area (Å²) in [6, 6.07) is -0.405. The zero-order valence-corrected chi connectivity index (χ0v) is 6.60. The average Bonchev–Trinajstić information content (AvgIpc) is 2.08. The third kappa shape index (κ3) is 2.47. The molecule has 0 unspecified atom stereocenters. The zero-order valence-electron chi connectivity index (χ0n) is 5.78. The summed E-state index contributed by atoms with van der Waals surface area (Å²) in [7, 11) is -3.15. The van der Waals surface area contributed by atoms with Crippen molar-refractivity contribution in [3.05, 3.63) is 0 Å². The highest BCUT2D eigenvalue weighted by molar-refractivity contribution is 7.89. The molecule has 0 radical (unpaired) electrons. The van der Waals surface area contributed by atoms with Gasteiger partial charge in [0.1, 0.15) is 0 Å². The summed E-state index contributed by atoms with van der Waals surface area (Å²) in [5.41, 5.74) is 0. The first kappa shape index (κ1) is 8.48. The number of hydrogen-bond donors (Lipinski definition) is 2. The Hall–Kier alpha value is -0.620. The molecule has 0 spiro atoms. The van der Waals surface area contributed by atoms with Crippen LogP contribution < -0.4 is 4.72 Å². The maximum absolute atomic E-state index is 10.7. The van der Waals surface area contributed by atoms with Crippen LogP contribution in [0.15, 0.2) is 0 Å². The number of aliphatic carboxylic acids is 1. The minimum atomic E-state index is -3.15. The van der Waals surface area contributed by atoms with Gasteiger partial charge >= 0.3 is 5.97 Å². The van der Waals surface area contributed by atoms with Gasteiger partial charge in [0.15, 0.2) is 0 Å². The minimum Gasteiger partial charge on any atom is -0.481 e. The molecule has 64 valence electrons. The van der Waals surface area contributed by atoms with Crippen LogP contribution in [0.3, 0.4) is 0 Å². The van der Waals surface area contributed by atoms with Gasteiger partial charge in [0.05, 0.1) is 12.2 Å². The van der Waals surface area contributed by atoms with Crippen LogP contribution in [0.25, 0.3) is 0 Å². The lowest BCUT2D eigenvalue weighted by Gasteiger charge is -2.02. The van der Waals surface area contributed by atoms with Gasteiger partial charge in [-0.15, -0.1) is 0 Å². The molecule has 1 atom stereocenters. The molecule has 6 heteroatoms. The first-order chi connectivity index (χ1) is 4.99. The van der Waals surface area contributed by atoms with Crippen LogP contribution in [-0.2, 0) is 14.8 Å². The fourth-order valence-corrected chi connectivity index (χ4v) is 2.45. The monoisotopic (exact) mass is 179 g/mol. The van der Waals surface area contributed by atoms with Crippen molar-refractivity contribution < 1.29 is 18.3 Å². The van der Waals surface area contributed by atoms with Crippen molar-refractivity contribution in [1.29, 1.82) is 0 Å². The number of carboxylic acids is 1. The van der Waals surface area contributed by atoms with Crippen molar-refractivity contribution in [2.45, 2.75) is 18.9 Å². The number of sulfonamides is 1. The highest BCUT2D eigenvalue weighted by Gasteiger charge is 2.27. The summed E-state index contributed by atoms with van der Waals surface area (Å²) in [4.78, 5) is 10.1. The van der Waals surface area contributed by atoms with Crippen molar-refractivity contribution >= 4 is 16.0 Å². The number of carbonyl (C=O) groups is 1. The van der Waals surface area contributed by atoms with Gasteiger partial charge in [-0.1, -0.05) is 0 Å². The Kier molecular flexibility index (Phi) is 2.15. The molecule has 1 rings (SSSR count). The Morgan fingerprint density at radius 2 is 2.27 bits per heavy atom. The van der Waals surface area contributed by atoms with Gasteiger partial charge in [-0.25, -0.2) is 13.1 Å². The summed E-state index contributed by atoms with van der Waals surface area (Å²) < 4.78 is 23.7. The van der Waals surface area contributed by atoms with Crippen LogP contribution in [0.5, 0.6) is 0 Å². The van der Waals surface area contributed by atoms with E-state index >= 15 is 0 Å². The summed E-state index contributed by atoms with van der Waals surface area (Å²) in [5.74, 6) is -0.926. The van der Waals surface area contributed by atoms with Crippen LogP contribution >= 0.6 is 0 Å². The lowest BCUT2D eigenvalue weighted by Crippen LogP contribution is -2.27. The Balaban J connectivity index is 2.49.